The summed E-state index contributed by atoms with van der Waals surface area (Å²) in [5.41, 5.74) is 0.885. The molecule has 0 radical (unpaired) electrons. The van der Waals surface area contributed by atoms with Crippen molar-refractivity contribution in [1.29, 1.82) is 0 Å². The van der Waals surface area contributed by atoms with Gasteiger partial charge in [0.25, 0.3) is 0 Å². The number of hydrogen-bond acceptors (Lipinski definition) is 4. The minimum Gasteiger partial charge on any atom is -0.312 e. The Kier molecular flexibility index (Phi) is 5.85. The molecule has 2 heterocycles. The van der Waals surface area contributed by atoms with Crippen LogP contribution in [-0.4, -0.2) is 30.5 Å². The maximum atomic E-state index is 12.9. The molecule has 2 unspecified atom stereocenters. The molecule has 3 nitrogen and oxygen atoms in total. The summed E-state index contributed by atoms with van der Waals surface area (Å²) < 4.78 is 12.9. The molecule has 0 spiro atoms. The van der Waals surface area contributed by atoms with Crippen LogP contribution in [0.4, 0.5) is 4.39 Å². The second-order valence-electron chi connectivity index (χ2n) is 5.20. The van der Waals surface area contributed by atoms with Gasteiger partial charge in [-0.3, -0.25) is 9.88 Å². The molecule has 0 saturated heterocycles. The molecular formula is C16H22FN3S. The Balaban J connectivity index is 1.92. The van der Waals surface area contributed by atoms with Gasteiger partial charge in [-0.2, -0.15) is 0 Å². The molecule has 2 aromatic heterocycles. The fraction of sp³-hybridized carbons (Fsp3) is 0.438. The van der Waals surface area contributed by atoms with Crippen LogP contribution in [0.2, 0.25) is 0 Å². The largest absolute Gasteiger partial charge is 0.312 e. The number of nitrogens with zero attached hydrogens (tertiary/aromatic N) is 2. The number of pyridine rings is 1. The predicted octanol–water partition coefficient (Wildman–Crippen LogP) is 3.63. The molecule has 0 saturated carbocycles. The van der Waals surface area contributed by atoms with Crippen LogP contribution >= 0.6 is 11.3 Å². The van der Waals surface area contributed by atoms with E-state index in [1.54, 1.807) is 17.4 Å². The molecule has 0 aromatic carbocycles. The van der Waals surface area contributed by atoms with Crippen molar-refractivity contribution in [3.05, 3.63) is 52.2 Å². The van der Waals surface area contributed by atoms with Crippen LogP contribution in [0.1, 0.15) is 36.0 Å². The van der Waals surface area contributed by atoms with Gasteiger partial charge in [-0.05, 0) is 51.0 Å². The number of rotatable bonds is 7. The molecule has 114 valence electrons. The van der Waals surface area contributed by atoms with E-state index in [1.807, 2.05) is 7.05 Å². The van der Waals surface area contributed by atoms with Crippen molar-refractivity contribution in [2.45, 2.75) is 25.4 Å². The topological polar surface area (TPSA) is 28.2 Å². The van der Waals surface area contributed by atoms with E-state index in [9.17, 15) is 4.39 Å². The molecule has 0 bridgehead atoms. The second-order valence-corrected chi connectivity index (χ2v) is 6.18. The van der Waals surface area contributed by atoms with E-state index < -0.39 is 0 Å². The van der Waals surface area contributed by atoms with Gasteiger partial charge in [0.2, 0.25) is 0 Å². The van der Waals surface area contributed by atoms with E-state index in [0.29, 0.717) is 6.04 Å². The van der Waals surface area contributed by atoms with Crippen LogP contribution < -0.4 is 5.32 Å². The summed E-state index contributed by atoms with van der Waals surface area (Å²) in [7, 11) is 4.05. The van der Waals surface area contributed by atoms with Gasteiger partial charge in [0, 0.05) is 17.5 Å². The zero-order valence-corrected chi connectivity index (χ0v) is 13.5. The summed E-state index contributed by atoms with van der Waals surface area (Å²) in [5.74, 6) is -0.294. The average Bonchev–Trinajstić information content (AvgIpc) is 3.02. The Hall–Kier alpha value is -1.30. The first-order chi connectivity index (χ1) is 10.1. The van der Waals surface area contributed by atoms with Gasteiger partial charge in [-0.25, -0.2) is 4.39 Å². The lowest BCUT2D eigenvalue weighted by molar-refractivity contribution is 0.249. The monoisotopic (exact) mass is 307 g/mol. The number of nitrogens with one attached hydrogen (secondary N) is 1. The van der Waals surface area contributed by atoms with E-state index >= 15 is 0 Å². The summed E-state index contributed by atoms with van der Waals surface area (Å²) in [6, 6.07) is 8.02. The van der Waals surface area contributed by atoms with Crippen molar-refractivity contribution in [3.8, 4) is 0 Å². The van der Waals surface area contributed by atoms with E-state index in [-0.39, 0.29) is 11.9 Å². The summed E-state index contributed by atoms with van der Waals surface area (Å²) in [4.78, 5) is 7.87. The van der Waals surface area contributed by atoms with Crippen molar-refractivity contribution in [3.63, 3.8) is 0 Å². The minimum atomic E-state index is -0.294. The highest BCUT2D eigenvalue weighted by atomic mass is 32.1. The van der Waals surface area contributed by atoms with Crippen molar-refractivity contribution in [2.75, 3.05) is 20.6 Å². The standard InChI is InChI=1S/C16H22FN3S/c1-12(16-5-4-10-21-16)20(3)9-8-14(18-2)15-7-6-13(17)11-19-15/h4-7,10-12,14,18H,8-9H2,1-3H3. The van der Waals surface area contributed by atoms with Crippen molar-refractivity contribution >= 4 is 11.3 Å². The van der Waals surface area contributed by atoms with Crippen LogP contribution in [0.15, 0.2) is 35.8 Å². The Morgan fingerprint density at radius 2 is 2.19 bits per heavy atom. The Morgan fingerprint density at radius 3 is 2.76 bits per heavy atom. The summed E-state index contributed by atoms with van der Waals surface area (Å²) >= 11 is 1.79. The summed E-state index contributed by atoms with van der Waals surface area (Å²) in [6.07, 6.45) is 2.21. The first-order valence-corrected chi connectivity index (χ1v) is 8.02. The maximum Gasteiger partial charge on any atom is 0.141 e. The van der Waals surface area contributed by atoms with Gasteiger partial charge in [-0.15, -0.1) is 11.3 Å². The van der Waals surface area contributed by atoms with Gasteiger partial charge in [-0.1, -0.05) is 6.07 Å². The zero-order chi connectivity index (χ0) is 15.2. The quantitative estimate of drug-likeness (QED) is 0.846. The van der Waals surface area contributed by atoms with Crippen LogP contribution in [0.3, 0.4) is 0 Å². The van der Waals surface area contributed by atoms with Gasteiger partial charge < -0.3 is 5.32 Å². The number of hydrogen-bond donors (Lipinski definition) is 1. The highest BCUT2D eigenvalue weighted by molar-refractivity contribution is 7.10. The lowest BCUT2D eigenvalue weighted by atomic mass is 10.1. The minimum absolute atomic E-state index is 0.142. The van der Waals surface area contributed by atoms with E-state index in [0.717, 1.165) is 18.7 Å². The van der Waals surface area contributed by atoms with Crippen LogP contribution in [-0.2, 0) is 0 Å². The fourth-order valence-electron chi connectivity index (χ4n) is 2.31. The fourth-order valence-corrected chi connectivity index (χ4v) is 3.15. The predicted molar refractivity (Wildman–Crippen MR) is 86.0 cm³/mol. The van der Waals surface area contributed by atoms with Crippen LogP contribution in [0.5, 0.6) is 0 Å². The molecule has 0 aliphatic rings. The molecule has 2 atom stereocenters. The summed E-state index contributed by atoms with van der Waals surface area (Å²) in [6.45, 7) is 3.17. The third kappa shape index (κ3) is 4.33. The molecule has 21 heavy (non-hydrogen) atoms. The van der Waals surface area contributed by atoms with Gasteiger partial charge in [0.1, 0.15) is 5.82 Å². The van der Waals surface area contributed by atoms with Gasteiger partial charge in [0.15, 0.2) is 0 Å². The Morgan fingerprint density at radius 1 is 1.38 bits per heavy atom. The van der Waals surface area contributed by atoms with Crippen molar-refractivity contribution < 1.29 is 4.39 Å². The molecule has 5 heteroatoms. The molecule has 2 rings (SSSR count). The van der Waals surface area contributed by atoms with Crippen LogP contribution in [0.25, 0.3) is 0 Å². The van der Waals surface area contributed by atoms with Crippen molar-refractivity contribution in [1.82, 2.24) is 15.2 Å². The zero-order valence-electron chi connectivity index (χ0n) is 12.7. The lowest BCUT2D eigenvalue weighted by Crippen LogP contribution is -2.27. The Labute approximate surface area is 129 Å². The highest BCUT2D eigenvalue weighted by Crippen LogP contribution is 2.24. The first-order valence-electron chi connectivity index (χ1n) is 7.14. The number of thiophene rings is 1. The van der Waals surface area contributed by atoms with E-state index in [2.05, 4.69) is 46.7 Å². The molecule has 0 amide bonds. The number of aromatic nitrogens is 1. The molecule has 0 aliphatic carbocycles. The SMILES string of the molecule is CNC(CCN(C)C(C)c1cccs1)c1ccc(F)cn1. The van der Waals surface area contributed by atoms with E-state index in [1.165, 1.54) is 17.1 Å². The maximum absolute atomic E-state index is 12.9. The van der Waals surface area contributed by atoms with E-state index in [4.69, 9.17) is 0 Å². The molecule has 1 N–H and O–H groups in total. The lowest BCUT2D eigenvalue weighted by Gasteiger charge is -2.26. The van der Waals surface area contributed by atoms with Crippen LogP contribution in [0, 0.1) is 5.82 Å². The third-order valence-electron chi connectivity index (χ3n) is 3.84. The average molecular weight is 307 g/mol. The number of halogens is 1. The van der Waals surface area contributed by atoms with Gasteiger partial charge in [0.05, 0.1) is 17.9 Å². The van der Waals surface area contributed by atoms with Crippen molar-refractivity contribution in [2.24, 2.45) is 0 Å². The third-order valence-corrected chi connectivity index (χ3v) is 4.88. The molecule has 2 aromatic rings. The molecular weight excluding hydrogens is 285 g/mol. The highest BCUT2D eigenvalue weighted by Gasteiger charge is 2.16. The second kappa shape index (κ2) is 7.64. The van der Waals surface area contributed by atoms with Gasteiger partial charge >= 0.3 is 0 Å². The summed E-state index contributed by atoms with van der Waals surface area (Å²) in [5, 5.41) is 5.37. The first kappa shape index (κ1) is 16.1. The smallest absolute Gasteiger partial charge is 0.141 e. The Bertz CT molecular complexity index is 527. The molecule has 0 aliphatic heterocycles. The normalized spacial score (nSPS) is 14.3. The molecule has 0 fully saturated rings.